The first kappa shape index (κ1) is 11.6. The second kappa shape index (κ2) is 4.57. The van der Waals surface area contributed by atoms with Gasteiger partial charge in [-0.15, -0.1) is 0 Å². The zero-order valence-corrected chi connectivity index (χ0v) is 10.0. The number of nitrogens with two attached hydrogens (primary N) is 1. The lowest BCUT2D eigenvalue weighted by Gasteiger charge is -2.18. The van der Waals surface area contributed by atoms with Crippen LogP contribution < -0.4 is 5.73 Å². The van der Waals surface area contributed by atoms with Gasteiger partial charge in [0.2, 0.25) is 0 Å². The van der Waals surface area contributed by atoms with E-state index in [-0.39, 0.29) is 11.9 Å². The second-order valence-corrected chi connectivity index (χ2v) is 4.10. The van der Waals surface area contributed by atoms with Crippen molar-refractivity contribution in [3.8, 4) is 0 Å². The Morgan fingerprint density at radius 1 is 1.41 bits per heavy atom. The molecule has 0 aliphatic carbocycles. The molecule has 0 saturated carbocycles. The third kappa shape index (κ3) is 2.16. The molecular weight excluding hydrogens is 217 g/mol. The van der Waals surface area contributed by atoms with Crippen LogP contribution in [0, 0.1) is 12.7 Å². The molecule has 2 aromatic rings. The number of aryl methyl sites for hydroxylation is 1. The summed E-state index contributed by atoms with van der Waals surface area (Å²) in [5.41, 5.74) is 7.36. The van der Waals surface area contributed by atoms with Crippen LogP contribution in [0.5, 0.6) is 0 Å². The Morgan fingerprint density at radius 2 is 2.12 bits per heavy atom. The van der Waals surface area contributed by atoms with Crippen LogP contribution in [0.2, 0.25) is 0 Å². The molecule has 0 fully saturated rings. The van der Waals surface area contributed by atoms with E-state index in [1.807, 2.05) is 19.9 Å². The number of nitrogens with zero attached hydrogens (tertiary/aromatic N) is 2. The predicted octanol–water partition coefficient (Wildman–Crippen LogP) is 2.91. The van der Waals surface area contributed by atoms with Crippen molar-refractivity contribution in [2.75, 3.05) is 5.73 Å². The maximum atomic E-state index is 13.8. The highest BCUT2D eigenvalue weighted by atomic mass is 19.1. The molecule has 0 bridgehead atoms. The molecule has 0 aliphatic heterocycles. The average Bonchev–Trinajstić information content (AvgIpc) is 2.62. The van der Waals surface area contributed by atoms with E-state index in [0.29, 0.717) is 11.4 Å². The molecule has 0 spiro atoms. The minimum atomic E-state index is -0.216. The van der Waals surface area contributed by atoms with Crippen LogP contribution in [0.25, 0.3) is 0 Å². The summed E-state index contributed by atoms with van der Waals surface area (Å²) >= 11 is 0. The summed E-state index contributed by atoms with van der Waals surface area (Å²) in [7, 11) is 0. The minimum Gasteiger partial charge on any atom is -0.384 e. The van der Waals surface area contributed by atoms with Crippen molar-refractivity contribution in [3.05, 3.63) is 47.4 Å². The Kier molecular flexibility index (Phi) is 3.13. The van der Waals surface area contributed by atoms with Crippen molar-refractivity contribution in [2.45, 2.75) is 26.3 Å². The van der Waals surface area contributed by atoms with Crippen molar-refractivity contribution in [3.63, 3.8) is 0 Å². The number of nitrogen functional groups attached to an aromatic ring is 1. The maximum Gasteiger partial charge on any atom is 0.128 e. The van der Waals surface area contributed by atoms with Crippen LogP contribution in [0.15, 0.2) is 30.3 Å². The molecule has 17 heavy (non-hydrogen) atoms. The zero-order chi connectivity index (χ0) is 12.4. The molecule has 1 aromatic heterocycles. The smallest absolute Gasteiger partial charge is 0.128 e. The first-order chi connectivity index (χ1) is 8.13. The summed E-state index contributed by atoms with van der Waals surface area (Å²) in [6.07, 6.45) is 0.742. The Bertz CT molecular complexity index is 519. The van der Waals surface area contributed by atoms with Gasteiger partial charge < -0.3 is 5.73 Å². The number of anilines is 1. The van der Waals surface area contributed by atoms with E-state index in [1.165, 1.54) is 6.07 Å². The highest BCUT2D eigenvalue weighted by Crippen LogP contribution is 2.26. The second-order valence-electron chi connectivity index (χ2n) is 4.10. The lowest BCUT2D eigenvalue weighted by Crippen LogP contribution is -2.15. The molecule has 0 radical (unpaired) electrons. The van der Waals surface area contributed by atoms with Gasteiger partial charge in [0.05, 0.1) is 11.7 Å². The van der Waals surface area contributed by atoms with Crippen molar-refractivity contribution in [1.82, 2.24) is 9.78 Å². The topological polar surface area (TPSA) is 43.8 Å². The van der Waals surface area contributed by atoms with Gasteiger partial charge in [-0.3, -0.25) is 0 Å². The molecule has 90 valence electrons. The van der Waals surface area contributed by atoms with Crippen LogP contribution in [0.1, 0.15) is 30.6 Å². The summed E-state index contributed by atoms with van der Waals surface area (Å²) in [4.78, 5) is 0. The number of aromatic nitrogens is 2. The Hall–Kier alpha value is -1.84. The van der Waals surface area contributed by atoms with Crippen LogP contribution in [-0.2, 0) is 0 Å². The lowest BCUT2D eigenvalue weighted by molar-refractivity contribution is 0.483. The van der Waals surface area contributed by atoms with Gasteiger partial charge in [0.15, 0.2) is 0 Å². The monoisotopic (exact) mass is 233 g/mol. The molecule has 3 nitrogen and oxygen atoms in total. The molecule has 4 heteroatoms. The first-order valence-corrected chi connectivity index (χ1v) is 5.69. The fraction of sp³-hybridized carbons (Fsp3) is 0.308. The summed E-state index contributed by atoms with van der Waals surface area (Å²) < 4.78 is 15.5. The quantitative estimate of drug-likeness (QED) is 0.885. The number of hydrogen-bond donors (Lipinski definition) is 1. The van der Waals surface area contributed by atoms with E-state index in [2.05, 4.69) is 5.10 Å². The van der Waals surface area contributed by atoms with E-state index >= 15 is 0 Å². The SMILES string of the molecule is CCC(c1ccccc1F)n1nc(C)cc1N. The van der Waals surface area contributed by atoms with Gasteiger partial charge in [-0.25, -0.2) is 9.07 Å². The van der Waals surface area contributed by atoms with Gasteiger partial charge in [-0.2, -0.15) is 5.10 Å². The molecule has 0 aliphatic rings. The molecule has 1 unspecified atom stereocenters. The predicted molar refractivity (Wildman–Crippen MR) is 66.2 cm³/mol. The highest BCUT2D eigenvalue weighted by molar-refractivity contribution is 5.33. The van der Waals surface area contributed by atoms with E-state index in [0.717, 1.165) is 12.1 Å². The zero-order valence-electron chi connectivity index (χ0n) is 10.0. The maximum absolute atomic E-state index is 13.8. The van der Waals surface area contributed by atoms with Crippen LogP contribution in [-0.4, -0.2) is 9.78 Å². The van der Waals surface area contributed by atoms with Crippen molar-refractivity contribution in [1.29, 1.82) is 0 Å². The van der Waals surface area contributed by atoms with E-state index in [4.69, 9.17) is 5.73 Å². The van der Waals surface area contributed by atoms with E-state index in [9.17, 15) is 4.39 Å². The summed E-state index contributed by atoms with van der Waals surface area (Å²) in [5.74, 6) is 0.351. The molecular formula is C13H16FN3. The summed E-state index contributed by atoms with van der Waals surface area (Å²) in [6, 6.07) is 8.40. The Balaban J connectivity index is 2.47. The Morgan fingerprint density at radius 3 is 2.65 bits per heavy atom. The largest absolute Gasteiger partial charge is 0.384 e. The van der Waals surface area contributed by atoms with Gasteiger partial charge in [0.1, 0.15) is 11.6 Å². The standard InChI is InChI=1S/C13H16FN3/c1-3-12(10-6-4-5-7-11(10)14)17-13(15)8-9(2)16-17/h4-8,12H,3,15H2,1-2H3. The first-order valence-electron chi connectivity index (χ1n) is 5.69. The van der Waals surface area contributed by atoms with Crippen molar-refractivity contribution in [2.24, 2.45) is 0 Å². The van der Waals surface area contributed by atoms with Crippen molar-refractivity contribution >= 4 is 5.82 Å². The van der Waals surface area contributed by atoms with Gasteiger partial charge >= 0.3 is 0 Å². The van der Waals surface area contributed by atoms with Gasteiger partial charge in [-0.05, 0) is 19.4 Å². The third-order valence-corrected chi connectivity index (χ3v) is 2.83. The van der Waals surface area contributed by atoms with Gasteiger partial charge in [-0.1, -0.05) is 25.1 Å². The third-order valence-electron chi connectivity index (χ3n) is 2.83. The van der Waals surface area contributed by atoms with Crippen molar-refractivity contribution < 1.29 is 4.39 Å². The molecule has 0 saturated heterocycles. The average molecular weight is 233 g/mol. The summed E-state index contributed by atoms with van der Waals surface area (Å²) in [6.45, 7) is 3.87. The number of hydrogen-bond acceptors (Lipinski definition) is 2. The molecule has 2 rings (SSSR count). The number of rotatable bonds is 3. The molecule has 1 atom stereocenters. The molecule has 1 aromatic carbocycles. The Labute approximate surface area is 100 Å². The van der Waals surface area contributed by atoms with E-state index in [1.54, 1.807) is 22.9 Å². The minimum absolute atomic E-state index is 0.148. The number of benzene rings is 1. The van der Waals surface area contributed by atoms with Crippen LogP contribution in [0.4, 0.5) is 10.2 Å². The van der Waals surface area contributed by atoms with Gasteiger partial charge in [0, 0.05) is 11.6 Å². The van der Waals surface area contributed by atoms with Crippen LogP contribution in [0.3, 0.4) is 0 Å². The van der Waals surface area contributed by atoms with E-state index < -0.39 is 0 Å². The lowest BCUT2D eigenvalue weighted by atomic mass is 10.0. The summed E-state index contributed by atoms with van der Waals surface area (Å²) in [5, 5.41) is 4.32. The number of halogens is 1. The fourth-order valence-electron chi connectivity index (χ4n) is 2.06. The molecule has 1 heterocycles. The fourth-order valence-corrected chi connectivity index (χ4v) is 2.06. The normalized spacial score (nSPS) is 12.6. The molecule has 2 N–H and O–H groups in total. The molecule has 0 amide bonds. The highest BCUT2D eigenvalue weighted by Gasteiger charge is 2.18. The van der Waals surface area contributed by atoms with Crippen LogP contribution >= 0.6 is 0 Å². The van der Waals surface area contributed by atoms with Gasteiger partial charge in [0.25, 0.3) is 0 Å².